The van der Waals surface area contributed by atoms with Gasteiger partial charge in [0.15, 0.2) is 0 Å². The van der Waals surface area contributed by atoms with E-state index in [1.54, 1.807) is 77.1 Å². The summed E-state index contributed by atoms with van der Waals surface area (Å²) in [6, 6.07) is 3.83. The number of aliphatic carboxylic acids is 1. The number of amides is 14. The van der Waals surface area contributed by atoms with E-state index in [0.29, 0.717) is 68.2 Å². The Morgan fingerprint density at radius 3 is 1.42 bits per heavy atom. The van der Waals surface area contributed by atoms with E-state index in [9.17, 15) is 73.2 Å². The predicted molar refractivity (Wildman–Crippen MR) is 464 cm³/mol. The molecule has 15 atom stereocenters. The van der Waals surface area contributed by atoms with Crippen LogP contribution in [-0.2, 0) is 91.2 Å². The second kappa shape index (κ2) is 53.8. The molecule has 1 heterocycles. The summed E-state index contributed by atoms with van der Waals surface area (Å²) in [6.07, 6.45) is 3.75. The maximum Gasteiger partial charge on any atom is 0.305 e. The fourth-order valence-electron chi connectivity index (χ4n) is 13.8. The van der Waals surface area contributed by atoms with Gasteiger partial charge in [0, 0.05) is 19.3 Å². The minimum atomic E-state index is -2.03. The van der Waals surface area contributed by atoms with Gasteiger partial charge in [-0.25, -0.2) is 0 Å². The Labute approximate surface area is 725 Å². The fourth-order valence-corrected chi connectivity index (χ4v) is 13.8. The number of hydrogen-bond acceptors (Lipinski definition) is 22. The monoisotopic (exact) mass is 1740 g/mol. The van der Waals surface area contributed by atoms with Crippen molar-refractivity contribution >= 4 is 88.7 Å². The molecule has 0 bridgehead atoms. The van der Waals surface area contributed by atoms with E-state index < -0.39 is 185 Å². The Hall–Kier alpha value is -11.1. The number of benzene rings is 3. The van der Waals surface area contributed by atoms with Crippen LogP contribution < -0.4 is 97.8 Å². The van der Waals surface area contributed by atoms with E-state index in [4.69, 9.17) is 28.7 Å². The van der Waals surface area contributed by atoms with Crippen molar-refractivity contribution in [1.29, 1.82) is 0 Å². The molecule has 37 nitrogen and oxygen atoms in total. The summed E-state index contributed by atoms with van der Waals surface area (Å²) in [5, 5.41) is 76.4. The third-order valence-corrected chi connectivity index (χ3v) is 21.5. The number of carbonyl (C=O) groups is 15. The Balaban J connectivity index is 1.79. The number of unbranched alkanes of at least 4 members (excludes halogenated alkanes) is 3. The van der Waals surface area contributed by atoms with E-state index >= 15 is 19.2 Å². The number of phenolic OH excluding ortho intramolecular Hbond substituents is 2. The lowest BCUT2D eigenvalue weighted by Crippen LogP contribution is -2.65. The van der Waals surface area contributed by atoms with Gasteiger partial charge in [-0.2, -0.15) is 0 Å². The summed E-state index contributed by atoms with van der Waals surface area (Å²) >= 11 is 0. The molecule has 688 valence electrons. The number of phenols is 2. The Bertz CT molecular complexity index is 4020. The average molecular weight is 1740 g/mol. The van der Waals surface area contributed by atoms with Crippen LogP contribution in [0.3, 0.4) is 0 Å². The fraction of sp³-hybridized carbons (Fsp3) is 0.598. The number of rotatable bonds is 46. The molecule has 0 aromatic heterocycles. The van der Waals surface area contributed by atoms with Crippen LogP contribution in [0.2, 0.25) is 0 Å². The van der Waals surface area contributed by atoms with Gasteiger partial charge in [-0.1, -0.05) is 115 Å². The summed E-state index contributed by atoms with van der Waals surface area (Å²) in [5.74, 6) is -15.6. The maximum absolute atomic E-state index is 15.6. The molecule has 0 saturated heterocycles. The first kappa shape index (κ1) is 105. The summed E-state index contributed by atoms with van der Waals surface area (Å²) in [7, 11) is 0. The highest BCUT2D eigenvalue weighted by molar-refractivity contribution is 6.02. The molecule has 0 aliphatic carbocycles. The maximum atomic E-state index is 15.6. The molecule has 0 unspecified atom stereocenters. The molecule has 3 aromatic carbocycles. The zero-order chi connectivity index (χ0) is 92.4. The Morgan fingerprint density at radius 2 is 0.935 bits per heavy atom. The van der Waals surface area contributed by atoms with Crippen LogP contribution in [0.1, 0.15) is 201 Å². The van der Waals surface area contributed by atoms with Gasteiger partial charge in [0.25, 0.3) is 0 Å². The summed E-state index contributed by atoms with van der Waals surface area (Å²) in [6.45, 7) is 14.6. The number of nitrogens with two attached hydrogens (primary N) is 5. The predicted octanol–water partition coefficient (Wildman–Crippen LogP) is -0.0565. The Kier molecular flexibility index (Phi) is 45.6. The number of aliphatic hydroxyl groups is 1. The quantitative estimate of drug-likeness (QED) is 0.0260. The topological polar surface area (TPSA) is 623 Å². The molecule has 1 aliphatic heterocycles. The second-order valence-corrected chi connectivity index (χ2v) is 33.3. The van der Waals surface area contributed by atoms with Crippen molar-refractivity contribution < 1.29 is 92.3 Å². The largest absolute Gasteiger partial charge is 0.508 e. The number of primary amides is 1. The van der Waals surface area contributed by atoms with Crippen molar-refractivity contribution in [3.05, 3.63) is 108 Å². The summed E-state index contributed by atoms with van der Waals surface area (Å²) in [4.78, 5) is 215. The van der Waals surface area contributed by atoms with Crippen LogP contribution >= 0.6 is 0 Å². The van der Waals surface area contributed by atoms with E-state index in [0.717, 1.165) is 0 Å². The third kappa shape index (κ3) is 37.1. The number of carboxylic acid groups (broad SMARTS) is 1. The molecule has 4 rings (SSSR count). The number of nitrogens with one attached hydrogen (secondary N) is 13. The second-order valence-electron chi connectivity index (χ2n) is 33.3. The zero-order valence-corrected chi connectivity index (χ0v) is 73.0. The molecule has 1 aliphatic rings. The van der Waals surface area contributed by atoms with Crippen LogP contribution in [0.4, 0.5) is 0 Å². The van der Waals surface area contributed by atoms with Crippen LogP contribution in [-0.4, -0.2) is 219 Å². The SMILES string of the molecule is CC[C@H](C)[C@H](N)C(=O)N[C@H](C(=O)N[C@@H](Cc1ccccc1)C(=O)N[C@@]1(C)CCCC=CCCC[C@@](C)(C(=O)N[C@@H](Cc2ccc(O)cc2)C(=O)N[C@@H](Cc2ccc(O)cc2)C(=O)NCC(=O)N[C@@H](CCCCN)C(=O)N[C@@H](CCCCN)C(=O)N[C@@H](CCCCN)C(N)=O)NC(=O)[C@H](CC(C)C)NC(=O)[C@H](CC(C)C)NC(=O)[C@H](CC(=O)O)NC1=O)[C@@H](C)O. The van der Waals surface area contributed by atoms with Gasteiger partial charge in [-0.15, -0.1) is 0 Å². The van der Waals surface area contributed by atoms with Crippen molar-refractivity contribution in [3.63, 3.8) is 0 Å². The van der Waals surface area contributed by atoms with E-state index in [-0.39, 0.29) is 132 Å². The first-order valence-corrected chi connectivity index (χ1v) is 42.9. The smallest absolute Gasteiger partial charge is 0.305 e. The van der Waals surface area contributed by atoms with E-state index in [1.165, 1.54) is 69.3 Å². The highest BCUT2D eigenvalue weighted by Crippen LogP contribution is 2.24. The first-order valence-electron chi connectivity index (χ1n) is 42.9. The minimum absolute atomic E-state index is 0.0271. The van der Waals surface area contributed by atoms with Crippen molar-refractivity contribution in [3.8, 4) is 11.5 Å². The molecule has 37 heteroatoms. The van der Waals surface area contributed by atoms with Crippen molar-refractivity contribution in [2.24, 2.45) is 46.4 Å². The van der Waals surface area contributed by atoms with Gasteiger partial charge in [0.1, 0.15) is 83.0 Å². The lowest BCUT2D eigenvalue weighted by molar-refractivity contribution is -0.142. The molecule has 14 amide bonds. The number of carbonyl (C=O) groups excluding carboxylic acids is 14. The van der Waals surface area contributed by atoms with Crippen molar-refractivity contribution in [2.75, 3.05) is 26.2 Å². The molecule has 27 N–H and O–H groups in total. The molecular formula is C87H136N18O19. The van der Waals surface area contributed by atoms with Gasteiger partial charge in [0.2, 0.25) is 82.7 Å². The molecule has 0 fully saturated rings. The molecule has 3 aromatic rings. The molecule has 124 heavy (non-hydrogen) atoms. The standard InChI is InChI=1S/C87H136N18O19/c1-10-53(6)71(91)82(121)103-72(54(7)106)83(122)100-67(46-55-26-16-15-17-27-55)81(120)105-87(9)40-22-14-12-11-13-21-39-86(8,104-80(119)64(45-52(4)5)98-77(116)63(44-51(2)3)97-79(118)68(49-70(110)111)102-85(87)124)84(123)101-66(48-57-33-37-59(108)38-34-57)78(117)99-65(47-56-31-35-58(107)36-32-56)74(113)93-50-69(109)94-61(29-19-24-42-89)75(114)96-62(30-20-25-43-90)76(115)95-60(73(92)112)28-18-23-41-88/h11-12,15-17,26-27,31-38,51-54,60-68,71-72,106-108H,10,13-14,18-25,28-30,39-50,88-91H2,1-9H3,(H2,92,112)(H,93,113)(H,94,109)(H,95,115)(H,96,114)(H,97,118)(H,98,116)(H,99,117)(H,100,122)(H,101,123)(H,102,124)(H,103,121)(H,104,119)(H,105,120)(H,110,111)/t53-,54+,60-,61-,62-,63-,64-,65-,66-,67-,68-,71-,72-,86-,87-/m0/s1. The minimum Gasteiger partial charge on any atom is -0.508 e. The van der Waals surface area contributed by atoms with Crippen LogP contribution in [0.25, 0.3) is 0 Å². The van der Waals surface area contributed by atoms with Crippen LogP contribution in [0.5, 0.6) is 11.5 Å². The van der Waals surface area contributed by atoms with Crippen molar-refractivity contribution in [2.45, 2.75) is 287 Å². The highest BCUT2D eigenvalue weighted by atomic mass is 16.4. The molecule has 0 saturated carbocycles. The zero-order valence-electron chi connectivity index (χ0n) is 73.0. The first-order chi connectivity index (χ1) is 58.7. The average Bonchev–Trinajstić information content (AvgIpc) is 0.850. The van der Waals surface area contributed by atoms with Gasteiger partial charge in [0.05, 0.1) is 25.1 Å². The van der Waals surface area contributed by atoms with E-state index in [2.05, 4.69) is 69.1 Å². The number of aromatic hydroxyl groups is 2. The molecular weight excluding hydrogens is 1600 g/mol. The summed E-state index contributed by atoms with van der Waals surface area (Å²) in [5.41, 5.74) is 26.4. The van der Waals surface area contributed by atoms with Gasteiger partial charge in [-0.3, -0.25) is 71.9 Å². The normalized spacial score (nSPS) is 19.9. The number of carboxylic acids is 1. The molecule has 0 radical (unpaired) electrons. The number of allylic oxidation sites excluding steroid dienone is 2. The third-order valence-electron chi connectivity index (χ3n) is 21.5. The number of hydrogen-bond donors (Lipinski definition) is 22. The molecule has 0 spiro atoms. The van der Waals surface area contributed by atoms with Gasteiger partial charge >= 0.3 is 5.97 Å². The van der Waals surface area contributed by atoms with Crippen LogP contribution in [0, 0.1) is 17.8 Å². The van der Waals surface area contributed by atoms with E-state index in [1.807, 2.05) is 6.92 Å². The lowest BCUT2D eigenvalue weighted by Gasteiger charge is -2.34. The number of aliphatic hydroxyl groups excluding tert-OH is 1. The van der Waals surface area contributed by atoms with Gasteiger partial charge in [-0.05, 0) is 208 Å². The van der Waals surface area contributed by atoms with Crippen LogP contribution in [0.15, 0.2) is 91.0 Å². The highest BCUT2D eigenvalue weighted by Gasteiger charge is 2.44. The summed E-state index contributed by atoms with van der Waals surface area (Å²) < 4.78 is 0. The van der Waals surface area contributed by atoms with Crippen molar-refractivity contribution in [1.82, 2.24) is 69.1 Å². The lowest BCUT2D eigenvalue weighted by atomic mass is 9.90. The van der Waals surface area contributed by atoms with Gasteiger partial charge < -0.3 is 118 Å². The Morgan fingerprint density at radius 1 is 0.500 bits per heavy atom.